The fraction of sp³-hybridized carbons (Fsp3) is 0.875. The zero-order valence-corrected chi connectivity index (χ0v) is 8.55. The van der Waals surface area contributed by atoms with E-state index in [0.717, 1.165) is 12.8 Å². The lowest BCUT2D eigenvalue weighted by Crippen LogP contribution is -2.35. The Hall–Kier alpha value is -0.600. The second kappa shape index (κ2) is 4.07. The molecule has 0 atom stereocenters. The van der Waals surface area contributed by atoms with Gasteiger partial charge in [0.1, 0.15) is 6.54 Å². The molecular formula is C8H14N2O2S. The first kappa shape index (κ1) is 10.5. The van der Waals surface area contributed by atoms with Crippen LogP contribution in [-0.4, -0.2) is 31.1 Å². The van der Waals surface area contributed by atoms with E-state index in [4.69, 9.17) is 5.26 Å². The summed E-state index contributed by atoms with van der Waals surface area (Å²) in [7, 11) is -3.16. The summed E-state index contributed by atoms with van der Waals surface area (Å²) in [6.45, 7) is 1.84. The lowest BCUT2D eigenvalue weighted by molar-refractivity contribution is 0.438. The molecule has 0 bridgehead atoms. The van der Waals surface area contributed by atoms with E-state index in [1.807, 2.05) is 13.0 Å². The maximum Gasteiger partial charge on any atom is 0.215 e. The molecule has 0 saturated heterocycles. The van der Waals surface area contributed by atoms with Gasteiger partial charge in [0.05, 0.1) is 11.8 Å². The van der Waals surface area contributed by atoms with Crippen LogP contribution in [0.5, 0.6) is 0 Å². The minimum absolute atomic E-state index is 0.00694. The zero-order chi connectivity index (χ0) is 9.90. The van der Waals surface area contributed by atoms with E-state index >= 15 is 0 Å². The molecule has 0 amide bonds. The summed E-state index contributed by atoms with van der Waals surface area (Å²) in [5.74, 6) is 0.158. The minimum Gasteiger partial charge on any atom is -0.212 e. The first-order valence-electron chi connectivity index (χ1n) is 4.48. The van der Waals surface area contributed by atoms with Crippen LogP contribution in [0.25, 0.3) is 0 Å². The van der Waals surface area contributed by atoms with Gasteiger partial charge in [0.15, 0.2) is 0 Å². The molecule has 0 radical (unpaired) electrons. The Kier molecular flexibility index (Phi) is 3.28. The summed E-state index contributed by atoms with van der Waals surface area (Å²) >= 11 is 0. The first-order chi connectivity index (χ1) is 6.11. The van der Waals surface area contributed by atoms with E-state index in [-0.39, 0.29) is 18.3 Å². The number of hydrogen-bond acceptors (Lipinski definition) is 3. The van der Waals surface area contributed by atoms with E-state index in [0.29, 0.717) is 6.42 Å². The third-order valence-electron chi connectivity index (χ3n) is 2.00. The molecule has 4 nitrogen and oxygen atoms in total. The van der Waals surface area contributed by atoms with Crippen molar-refractivity contribution >= 4 is 10.0 Å². The average molecular weight is 202 g/mol. The highest BCUT2D eigenvalue weighted by molar-refractivity contribution is 7.89. The van der Waals surface area contributed by atoms with Crippen LogP contribution in [-0.2, 0) is 10.0 Å². The Morgan fingerprint density at radius 3 is 2.54 bits per heavy atom. The summed E-state index contributed by atoms with van der Waals surface area (Å²) in [5, 5.41) is 8.49. The highest BCUT2D eigenvalue weighted by Gasteiger charge is 2.36. The Morgan fingerprint density at radius 1 is 1.54 bits per heavy atom. The highest BCUT2D eigenvalue weighted by atomic mass is 32.2. The van der Waals surface area contributed by atoms with Crippen LogP contribution in [0.15, 0.2) is 0 Å². The van der Waals surface area contributed by atoms with Crippen LogP contribution in [0.4, 0.5) is 0 Å². The predicted octanol–water partition coefficient (Wildman–Crippen LogP) is 0.714. The zero-order valence-electron chi connectivity index (χ0n) is 7.73. The molecule has 1 aliphatic rings. The highest BCUT2D eigenvalue weighted by Crippen LogP contribution is 2.29. The summed E-state index contributed by atoms with van der Waals surface area (Å²) < 4.78 is 24.5. The largest absolute Gasteiger partial charge is 0.215 e. The van der Waals surface area contributed by atoms with Gasteiger partial charge in [-0.25, -0.2) is 8.42 Å². The molecule has 1 fully saturated rings. The second-order valence-corrected chi connectivity index (χ2v) is 5.29. The van der Waals surface area contributed by atoms with Crippen LogP contribution in [0.3, 0.4) is 0 Å². The van der Waals surface area contributed by atoms with E-state index < -0.39 is 10.0 Å². The number of sulfonamides is 1. The van der Waals surface area contributed by atoms with E-state index in [1.54, 1.807) is 0 Å². The summed E-state index contributed by atoms with van der Waals surface area (Å²) in [4.78, 5) is 0. The van der Waals surface area contributed by atoms with Gasteiger partial charge in [0.2, 0.25) is 10.0 Å². The Balaban J connectivity index is 2.68. The van der Waals surface area contributed by atoms with Gasteiger partial charge < -0.3 is 0 Å². The number of hydrogen-bond donors (Lipinski definition) is 0. The minimum atomic E-state index is -3.16. The maximum atomic E-state index is 11.6. The molecule has 1 aliphatic carbocycles. The quantitative estimate of drug-likeness (QED) is 0.617. The van der Waals surface area contributed by atoms with Crippen molar-refractivity contribution in [2.24, 2.45) is 0 Å². The third-order valence-corrected chi connectivity index (χ3v) is 4.07. The van der Waals surface area contributed by atoms with Gasteiger partial charge in [-0.1, -0.05) is 6.92 Å². The molecule has 0 aromatic carbocycles. The van der Waals surface area contributed by atoms with E-state index in [2.05, 4.69) is 0 Å². The fourth-order valence-corrected chi connectivity index (χ4v) is 2.93. The Morgan fingerprint density at radius 2 is 2.15 bits per heavy atom. The van der Waals surface area contributed by atoms with E-state index in [9.17, 15) is 8.42 Å². The van der Waals surface area contributed by atoms with Gasteiger partial charge in [0.25, 0.3) is 0 Å². The van der Waals surface area contributed by atoms with Crippen molar-refractivity contribution in [3.8, 4) is 6.07 Å². The predicted molar refractivity (Wildman–Crippen MR) is 49.4 cm³/mol. The van der Waals surface area contributed by atoms with Crippen LogP contribution in [0.1, 0.15) is 26.2 Å². The third kappa shape index (κ3) is 2.68. The van der Waals surface area contributed by atoms with Gasteiger partial charge in [-0.15, -0.1) is 0 Å². The van der Waals surface area contributed by atoms with Crippen molar-refractivity contribution in [1.29, 1.82) is 5.26 Å². The molecule has 1 saturated carbocycles. The lowest BCUT2D eigenvalue weighted by atomic mass is 10.6. The van der Waals surface area contributed by atoms with Gasteiger partial charge in [0, 0.05) is 6.04 Å². The van der Waals surface area contributed by atoms with Crippen LogP contribution in [0, 0.1) is 11.3 Å². The van der Waals surface area contributed by atoms with Crippen molar-refractivity contribution < 1.29 is 8.42 Å². The smallest absolute Gasteiger partial charge is 0.212 e. The van der Waals surface area contributed by atoms with Crippen molar-refractivity contribution in [1.82, 2.24) is 4.31 Å². The molecule has 0 spiro atoms. The molecular weight excluding hydrogens is 188 g/mol. The molecule has 0 heterocycles. The Bertz CT molecular complexity index is 301. The molecule has 0 aromatic heterocycles. The second-order valence-electron chi connectivity index (χ2n) is 3.25. The molecule has 1 rings (SSSR count). The molecule has 0 aliphatic heterocycles. The standard InChI is InChI=1S/C8H14N2O2S/c1-2-7-13(11,12)10(6-5-9)8-3-4-8/h8H,2-4,6-7H2,1H3. The van der Waals surface area contributed by atoms with Gasteiger partial charge >= 0.3 is 0 Å². The number of rotatable bonds is 5. The maximum absolute atomic E-state index is 11.6. The average Bonchev–Trinajstić information content (AvgIpc) is 2.82. The van der Waals surface area contributed by atoms with E-state index in [1.165, 1.54) is 4.31 Å². The van der Waals surface area contributed by atoms with Gasteiger partial charge in [-0.05, 0) is 19.3 Å². The van der Waals surface area contributed by atoms with Gasteiger partial charge in [-0.2, -0.15) is 9.57 Å². The van der Waals surface area contributed by atoms with Crippen molar-refractivity contribution in [2.75, 3.05) is 12.3 Å². The molecule has 74 valence electrons. The molecule has 5 heteroatoms. The molecule has 13 heavy (non-hydrogen) atoms. The van der Waals surface area contributed by atoms with Gasteiger partial charge in [-0.3, -0.25) is 0 Å². The van der Waals surface area contributed by atoms with Crippen molar-refractivity contribution in [2.45, 2.75) is 32.2 Å². The molecule has 0 N–H and O–H groups in total. The first-order valence-corrected chi connectivity index (χ1v) is 6.09. The van der Waals surface area contributed by atoms with Crippen LogP contribution < -0.4 is 0 Å². The summed E-state index contributed by atoms with van der Waals surface area (Å²) in [5.41, 5.74) is 0. The van der Waals surface area contributed by atoms with Crippen molar-refractivity contribution in [3.63, 3.8) is 0 Å². The van der Waals surface area contributed by atoms with Crippen molar-refractivity contribution in [3.05, 3.63) is 0 Å². The number of nitriles is 1. The molecule has 0 aromatic rings. The topological polar surface area (TPSA) is 61.2 Å². The molecule has 0 unspecified atom stereocenters. The number of nitrogens with zero attached hydrogens (tertiary/aromatic N) is 2. The monoisotopic (exact) mass is 202 g/mol. The van der Waals surface area contributed by atoms with Crippen LogP contribution in [0.2, 0.25) is 0 Å². The fourth-order valence-electron chi connectivity index (χ4n) is 1.26. The summed E-state index contributed by atoms with van der Waals surface area (Å²) in [6.07, 6.45) is 2.42. The lowest BCUT2D eigenvalue weighted by Gasteiger charge is -2.17. The summed E-state index contributed by atoms with van der Waals surface area (Å²) in [6, 6.07) is 2.01. The normalized spacial score (nSPS) is 17.3. The SMILES string of the molecule is CCCS(=O)(=O)N(CC#N)C1CC1. The van der Waals surface area contributed by atoms with Crippen LogP contribution >= 0.6 is 0 Å². The Labute approximate surface area is 79.2 Å².